The van der Waals surface area contributed by atoms with Gasteiger partial charge in [0, 0.05) is 30.3 Å². The first kappa shape index (κ1) is 20.6. The van der Waals surface area contributed by atoms with Gasteiger partial charge in [-0.15, -0.1) is 0 Å². The van der Waals surface area contributed by atoms with E-state index in [1.54, 1.807) is 48.2 Å². The van der Waals surface area contributed by atoms with Gasteiger partial charge in [-0.2, -0.15) is 0 Å². The lowest BCUT2D eigenvalue weighted by Gasteiger charge is -2.33. The van der Waals surface area contributed by atoms with Crippen LogP contribution in [0.15, 0.2) is 54.6 Å². The average molecular weight is 394 g/mol. The van der Waals surface area contributed by atoms with Gasteiger partial charge in [0.1, 0.15) is 5.75 Å². The summed E-state index contributed by atoms with van der Waals surface area (Å²) < 4.78 is 5.74. The maximum atomic E-state index is 12.7. The number of carbonyl (C=O) groups excluding carboxylic acids is 3. The van der Waals surface area contributed by atoms with Crippen LogP contribution in [-0.4, -0.2) is 47.7 Å². The zero-order valence-electron chi connectivity index (χ0n) is 16.8. The molecule has 0 spiro atoms. The maximum Gasteiger partial charge on any atom is 0.263 e. The molecule has 1 aliphatic heterocycles. The van der Waals surface area contributed by atoms with Gasteiger partial charge in [-0.1, -0.05) is 18.2 Å². The fraction of sp³-hybridized carbons (Fsp3) is 0.348. The summed E-state index contributed by atoms with van der Waals surface area (Å²) in [4.78, 5) is 38.1. The summed E-state index contributed by atoms with van der Waals surface area (Å²) in [6, 6.07) is 16.0. The van der Waals surface area contributed by atoms with E-state index in [0.717, 1.165) is 0 Å². The predicted molar refractivity (Wildman–Crippen MR) is 110 cm³/mol. The number of ketones is 1. The first-order valence-corrected chi connectivity index (χ1v) is 9.86. The highest BCUT2D eigenvalue weighted by Gasteiger charge is 2.27. The van der Waals surface area contributed by atoms with Crippen molar-refractivity contribution in [1.29, 1.82) is 0 Å². The molecule has 0 aromatic heterocycles. The molecule has 6 nitrogen and oxygen atoms in total. The smallest absolute Gasteiger partial charge is 0.263 e. The van der Waals surface area contributed by atoms with E-state index in [-0.39, 0.29) is 23.6 Å². The summed E-state index contributed by atoms with van der Waals surface area (Å²) in [6.45, 7) is 4.39. The van der Waals surface area contributed by atoms with E-state index >= 15 is 0 Å². The summed E-state index contributed by atoms with van der Waals surface area (Å²) in [5.74, 6) is 0.387. The molecule has 0 aliphatic carbocycles. The van der Waals surface area contributed by atoms with E-state index < -0.39 is 6.10 Å². The van der Waals surface area contributed by atoms with Gasteiger partial charge in [-0.25, -0.2) is 0 Å². The zero-order valence-corrected chi connectivity index (χ0v) is 16.8. The highest BCUT2D eigenvalue weighted by Crippen LogP contribution is 2.17. The van der Waals surface area contributed by atoms with Gasteiger partial charge in [0.25, 0.3) is 11.8 Å². The van der Waals surface area contributed by atoms with E-state index in [2.05, 4.69) is 5.32 Å². The minimum atomic E-state index is -0.617. The van der Waals surface area contributed by atoms with Crippen molar-refractivity contribution in [2.75, 3.05) is 13.1 Å². The van der Waals surface area contributed by atoms with Crippen molar-refractivity contribution in [2.24, 2.45) is 0 Å². The third-order valence-corrected chi connectivity index (χ3v) is 5.10. The standard InChI is InChI=1S/C23H26N2O4/c1-16(26)18-8-10-21(11-9-18)29-17(2)23(28)25-14-12-20(13-15-25)24-22(27)19-6-4-3-5-7-19/h3-11,17,20H,12-15H2,1-2H3,(H,24,27). The molecule has 2 aromatic rings. The monoisotopic (exact) mass is 394 g/mol. The van der Waals surface area contributed by atoms with Crippen molar-refractivity contribution in [3.63, 3.8) is 0 Å². The SMILES string of the molecule is CC(=O)c1ccc(OC(C)C(=O)N2CCC(NC(=O)c3ccccc3)CC2)cc1. The second-order valence-electron chi connectivity index (χ2n) is 7.28. The molecule has 3 rings (SSSR count). The Morgan fingerprint density at radius 3 is 2.17 bits per heavy atom. The second kappa shape index (κ2) is 9.37. The van der Waals surface area contributed by atoms with Gasteiger partial charge in [0.15, 0.2) is 11.9 Å². The Morgan fingerprint density at radius 2 is 1.59 bits per heavy atom. The van der Waals surface area contributed by atoms with Crippen molar-refractivity contribution >= 4 is 17.6 Å². The number of benzene rings is 2. The van der Waals surface area contributed by atoms with Gasteiger partial charge in [0.05, 0.1) is 0 Å². The van der Waals surface area contributed by atoms with Crippen LogP contribution < -0.4 is 10.1 Å². The zero-order chi connectivity index (χ0) is 20.8. The number of likely N-dealkylation sites (tertiary alicyclic amines) is 1. The first-order chi connectivity index (χ1) is 13.9. The summed E-state index contributed by atoms with van der Waals surface area (Å²) in [5.41, 5.74) is 1.25. The normalized spacial score (nSPS) is 15.4. The molecular weight excluding hydrogens is 368 g/mol. The Kier molecular flexibility index (Phi) is 6.65. The maximum absolute atomic E-state index is 12.7. The summed E-state index contributed by atoms with van der Waals surface area (Å²) in [5, 5.41) is 3.04. The molecule has 2 amide bonds. The highest BCUT2D eigenvalue weighted by atomic mass is 16.5. The number of ether oxygens (including phenoxy) is 1. The van der Waals surface area contributed by atoms with Gasteiger partial charge >= 0.3 is 0 Å². The lowest BCUT2D eigenvalue weighted by Crippen LogP contribution is -2.49. The number of hydrogen-bond acceptors (Lipinski definition) is 4. The van der Waals surface area contributed by atoms with Crippen LogP contribution in [0.3, 0.4) is 0 Å². The molecule has 1 saturated heterocycles. The first-order valence-electron chi connectivity index (χ1n) is 9.86. The number of amides is 2. The van der Waals surface area contributed by atoms with E-state index in [4.69, 9.17) is 4.74 Å². The molecule has 152 valence electrons. The Bertz CT molecular complexity index is 856. The van der Waals surface area contributed by atoms with Crippen LogP contribution >= 0.6 is 0 Å². The number of rotatable bonds is 6. The number of nitrogens with one attached hydrogen (secondary N) is 1. The lowest BCUT2D eigenvalue weighted by atomic mass is 10.0. The topological polar surface area (TPSA) is 75.7 Å². The minimum absolute atomic E-state index is 0.0112. The van der Waals surface area contributed by atoms with Crippen LogP contribution in [0.2, 0.25) is 0 Å². The van der Waals surface area contributed by atoms with Crippen LogP contribution in [0.1, 0.15) is 47.4 Å². The largest absolute Gasteiger partial charge is 0.481 e. The van der Waals surface area contributed by atoms with Crippen molar-refractivity contribution in [3.8, 4) is 5.75 Å². The number of Topliss-reactive ketones (excluding diaryl/α,β-unsaturated/α-hetero) is 1. The molecule has 0 saturated carbocycles. The van der Waals surface area contributed by atoms with Gasteiger partial charge < -0.3 is 15.0 Å². The summed E-state index contributed by atoms with van der Waals surface area (Å²) in [7, 11) is 0. The fourth-order valence-electron chi connectivity index (χ4n) is 3.38. The third kappa shape index (κ3) is 5.44. The molecule has 1 atom stereocenters. The second-order valence-corrected chi connectivity index (χ2v) is 7.28. The Balaban J connectivity index is 1.47. The molecule has 2 aromatic carbocycles. The number of nitrogens with zero attached hydrogens (tertiary/aromatic N) is 1. The van der Waals surface area contributed by atoms with Gasteiger partial charge in [-0.3, -0.25) is 14.4 Å². The molecule has 1 fully saturated rings. The van der Waals surface area contributed by atoms with Crippen molar-refractivity contribution in [3.05, 3.63) is 65.7 Å². The molecular formula is C23H26N2O4. The van der Waals surface area contributed by atoms with E-state index in [1.807, 2.05) is 18.2 Å². The van der Waals surface area contributed by atoms with Crippen LogP contribution in [0, 0.1) is 0 Å². The van der Waals surface area contributed by atoms with Crippen LogP contribution in [-0.2, 0) is 4.79 Å². The van der Waals surface area contributed by atoms with Crippen molar-refractivity contribution in [2.45, 2.75) is 38.8 Å². The van der Waals surface area contributed by atoms with E-state index in [0.29, 0.717) is 42.8 Å². The Morgan fingerprint density at radius 1 is 0.966 bits per heavy atom. The predicted octanol–water partition coefficient (Wildman–Crippen LogP) is 3.08. The lowest BCUT2D eigenvalue weighted by molar-refractivity contribution is -0.139. The van der Waals surface area contributed by atoms with E-state index in [1.165, 1.54) is 6.92 Å². The Labute approximate surface area is 170 Å². The molecule has 29 heavy (non-hydrogen) atoms. The Hall–Kier alpha value is -3.15. The van der Waals surface area contributed by atoms with Crippen LogP contribution in [0.5, 0.6) is 5.75 Å². The van der Waals surface area contributed by atoms with Crippen LogP contribution in [0.25, 0.3) is 0 Å². The fourth-order valence-corrected chi connectivity index (χ4v) is 3.38. The molecule has 1 heterocycles. The molecule has 1 aliphatic rings. The number of hydrogen-bond donors (Lipinski definition) is 1. The molecule has 1 N–H and O–H groups in total. The van der Waals surface area contributed by atoms with Crippen LogP contribution in [0.4, 0.5) is 0 Å². The molecule has 0 radical (unpaired) electrons. The molecule has 1 unspecified atom stereocenters. The summed E-state index contributed by atoms with van der Waals surface area (Å²) in [6.07, 6.45) is 0.808. The van der Waals surface area contributed by atoms with Gasteiger partial charge in [0.2, 0.25) is 0 Å². The number of piperidine rings is 1. The average Bonchev–Trinajstić information content (AvgIpc) is 2.74. The third-order valence-electron chi connectivity index (χ3n) is 5.10. The molecule has 6 heteroatoms. The number of carbonyl (C=O) groups is 3. The minimum Gasteiger partial charge on any atom is -0.481 e. The summed E-state index contributed by atoms with van der Waals surface area (Å²) >= 11 is 0. The molecule has 0 bridgehead atoms. The van der Waals surface area contributed by atoms with Crippen molar-refractivity contribution in [1.82, 2.24) is 10.2 Å². The highest BCUT2D eigenvalue weighted by molar-refractivity contribution is 5.94. The van der Waals surface area contributed by atoms with Crippen molar-refractivity contribution < 1.29 is 19.1 Å². The quantitative estimate of drug-likeness (QED) is 0.764. The van der Waals surface area contributed by atoms with E-state index in [9.17, 15) is 14.4 Å². The van der Waals surface area contributed by atoms with Gasteiger partial charge in [-0.05, 0) is 63.1 Å².